The molecule has 0 N–H and O–H groups in total. The lowest BCUT2D eigenvalue weighted by Crippen LogP contribution is -2.19. The zero-order chi connectivity index (χ0) is 10.5. The predicted molar refractivity (Wildman–Crippen MR) is 60.3 cm³/mol. The quantitative estimate of drug-likeness (QED) is 0.757. The fraction of sp³-hybridized carbons (Fsp3) is 0.600. The Morgan fingerprint density at radius 1 is 1.47 bits per heavy atom. The standard InChI is InChI=1S/C10H10ClN3S/c11-8-7(5-12)13-9(15-8)14-4-3-10(6-14)1-2-10/h1-4,6H2. The lowest BCUT2D eigenvalue weighted by molar-refractivity contribution is 0.581. The summed E-state index contributed by atoms with van der Waals surface area (Å²) in [5.41, 5.74) is 0.957. The molecular formula is C10H10ClN3S. The number of hydrogen-bond donors (Lipinski definition) is 0. The molecule has 0 bridgehead atoms. The van der Waals surface area contributed by atoms with E-state index in [4.69, 9.17) is 16.9 Å². The zero-order valence-electron chi connectivity index (χ0n) is 8.16. The average molecular weight is 240 g/mol. The Labute approximate surface area is 97.3 Å². The molecule has 1 saturated carbocycles. The van der Waals surface area contributed by atoms with Crippen molar-refractivity contribution in [3.8, 4) is 6.07 Å². The second-order valence-electron chi connectivity index (χ2n) is 4.40. The summed E-state index contributed by atoms with van der Waals surface area (Å²) >= 11 is 7.34. The van der Waals surface area contributed by atoms with Crippen LogP contribution in [0.2, 0.25) is 4.34 Å². The molecule has 1 spiro atoms. The number of anilines is 1. The van der Waals surface area contributed by atoms with Crippen LogP contribution in [-0.4, -0.2) is 18.1 Å². The summed E-state index contributed by atoms with van der Waals surface area (Å²) in [6.45, 7) is 2.16. The van der Waals surface area contributed by atoms with Gasteiger partial charge in [0, 0.05) is 13.1 Å². The maximum absolute atomic E-state index is 8.78. The summed E-state index contributed by atoms with van der Waals surface area (Å²) < 4.78 is 0.518. The number of aromatic nitrogens is 1. The van der Waals surface area contributed by atoms with Gasteiger partial charge in [-0.15, -0.1) is 0 Å². The lowest BCUT2D eigenvalue weighted by Gasteiger charge is -2.13. The van der Waals surface area contributed by atoms with Crippen LogP contribution in [0.25, 0.3) is 0 Å². The fourth-order valence-corrected chi connectivity index (χ4v) is 3.24. The Kier molecular flexibility index (Phi) is 1.95. The topological polar surface area (TPSA) is 39.9 Å². The summed E-state index contributed by atoms with van der Waals surface area (Å²) in [4.78, 5) is 6.52. The van der Waals surface area contributed by atoms with Crippen molar-refractivity contribution in [3.63, 3.8) is 0 Å². The maximum atomic E-state index is 8.78. The molecular weight excluding hydrogens is 230 g/mol. The largest absolute Gasteiger partial charge is 0.347 e. The van der Waals surface area contributed by atoms with Crippen LogP contribution >= 0.6 is 22.9 Å². The Morgan fingerprint density at radius 3 is 2.80 bits per heavy atom. The fourth-order valence-electron chi connectivity index (χ4n) is 2.18. The van der Waals surface area contributed by atoms with Gasteiger partial charge in [-0.3, -0.25) is 0 Å². The molecule has 1 aromatic heterocycles. The minimum absolute atomic E-state index is 0.369. The van der Waals surface area contributed by atoms with Gasteiger partial charge in [0.1, 0.15) is 10.4 Å². The first-order valence-electron chi connectivity index (χ1n) is 5.04. The third kappa shape index (κ3) is 1.51. The monoisotopic (exact) mass is 239 g/mol. The van der Waals surface area contributed by atoms with E-state index in [1.807, 2.05) is 6.07 Å². The zero-order valence-corrected chi connectivity index (χ0v) is 9.74. The summed E-state index contributed by atoms with van der Waals surface area (Å²) in [5, 5.41) is 9.70. The van der Waals surface area contributed by atoms with E-state index in [0.29, 0.717) is 15.4 Å². The van der Waals surface area contributed by atoms with Crippen molar-refractivity contribution in [1.82, 2.24) is 4.98 Å². The molecule has 0 aromatic carbocycles. The van der Waals surface area contributed by atoms with Crippen molar-refractivity contribution in [3.05, 3.63) is 10.0 Å². The SMILES string of the molecule is N#Cc1nc(N2CCC3(CC3)C2)sc1Cl. The molecule has 1 aliphatic heterocycles. The van der Waals surface area contributed by atoms with Crippen molar-refractivity contribution < 1.29 is 0 Å². The molecule has 3 nitrogen and oxygen atoms in total. The van der Waals surface area contributed by atoms with Crippen LogP contribution in [0.1, 0.15) is 25.0 Å². The van der Waals surface area contributed by atoms with Crippen molar-refractivity contribution in [2.24, 2.45) is 5.41 Å². The lowest BCUT2D eigenvalue weighted by atomic mass is 10.1. The molecule has 0 radical (unpaired) electrons. The minimum atomic E-state index is 0.369. The van der Waals surface area contributed by atoms with Gasteiger partial charge < -0.3 is 4.90 Å². The Balaban J connectivity index is 1.84. The van der Waals surface area contributed by atoms with E-state index in [1.54, 1.807) is 0 Å². The molecule has 1 aromatic rings. The number of halogens is 1. The van der Waals surface area contributed by atoms with Crippen LogP contribution in [0.5, 0.6) is 0 Å². The minimum Gasteiger partial charge on any atom is -0.347 e. The maximum Gasteiger partial charge on any atom is 0.188 e. The highest BCUT2D eigenvalue weighted by Crippen LogP contribution is 2.53. The highest BCUT2D eigenvalue weighted by atomic mass is 35.5. The summed E-state index contributed by atoms with van der Waals surface area (Å²) in [5.74, 6) is 0. The molecule has 5 heteroatoms. The number of hydrogen-bond acceptors (Lipinski definition) is 4. The van der Waals surface area contributed by atoms with Crippen LogP contribution in [0, 0.1) is 16.7 Å². The Hall–Kier alpha value is -0.790. The van der Waals surface area contributed by atoms with Gasteiger partial charge in [0.25, 0.3) is 0 Å². The first kappa shape index (κ1) is 9.44. The average Bonchev–Trinajstić information content (AvgIpc) is 2.69. The first-order chi connectivity index (χ1) is 7.22. The highest BCUT2D eigenvalue weighted by Gasteiger charge is 2.48. The van der Waals surface area contributed by atoms with Crippen LogP contribution in [0.4, 0.5) is 5.13 Å². The summed E-state index contributed by atoms with van der Waals surface area (Å²) in [7, 11) is 0. The molecule has 1 saturated heterocycles. The van der Waals surface area contributed by atoms with E-state index in [-0.39, 0.29) is 0 Å². The molecule has 1 aliphatic carbocycles. The molecule has 78 valence electrons. The van der Waals surface area contributed by atoms with E-state index in [2.05, 4.69) is 9.88 Å². The first-order valence-corrected chi connectivity index (χ1v) is 6.23. The van der Waals surface area contributed by atoms with Crippen LogP contribution in [0.15, 0.2) is 0 Å². The van der Waals surface area contributed by atoms with Crippen molar-refractivity contribution in [2.45, 2.75) is 19.3 Å². The van der Waals surface area contributed by atoms with Gasteiger partial charge in [0.2, 0.25) is 0 Å². The molecule has 2 heterocycles. The molecule has 2 aliphatic rings. The Morgan fingerprint density at radius 2 is 2.27 bits per heavy atom. The smallest absolute Gasteiger partial charge is 0.188 e. The highest BCUT2D eigenvalue weighted by molar-refractivity contribution is 7.19. The van der Waals surface area contributed by atoms with E-state index >= 15 is 0 Å². The van der Waals surface area contributed by atoms with E-state index < -0.39 is 0 Å². The third-order valence-corrected chi connectivity index (χ3v) is 4.66. The van der Waals surface area contributed by atoms with Crippen molar-refractivity contribution in [1.29, 1.82) is 5.26 Å². The predicted octanol–water partition coefficient (Wildman–Crippen LogP) is 2.66. The number of nitrogens with zero attached hydrogens (tertiary/aromatic N) is 3. The third-order valence-electron chi connectivity index (χ3n) is 3.35. The van der Waals surface area contributed by atoms with Gasteiger partial charge >= 0.3 is 0 Å². The second-order valence-corrected chi connectivity index (χ2v) is 5.98. The van der Waals surface area contributed by atoms with Gasteiger partial charge in [-0.2, -0.15) is 5.26 Å². The number of rotatable bonds is 1. The van der Waals surface area contributed by atoms with Gasteiger partial charge in [0.05, 0.1) is 0 Å². The van der Waals surface area contributed by atoms with Crippen LogP contribution in [0.3, 0.4) is 0 Å². The van der Waals surface area contributed by atoms with Crippen molar-refractivity contribution >= 4 is 28.1 Å². The molecule has 0 amide bonds. The summed E-state index contributed by atoms with van der Waals surface area (Å²) in [6, 6.07) is 2.02. The van der Waals surface area contributed by atoms with E-state index in [0.717, 1.165) is 18.2 Å². The normalized spacial score (nSPS) is 22.0. The molecule has 0 unspecified atom stereocenters. The number of thiazole rings is 1. The second kappa shape index (κ2) is 3.10. The number of nitriles is 1. The van der Waals surface area contributed by atoms with Gasteiger partial charge in [-0.05, 0) is 24.7 Å². The van der Waals surface area contributed by atoms with Gasteiger partial charge in [-0.25, -0.2) is 4.98 Å². The van der Waals surface area contributed by atoms with Gasteiger partial charge in [0.15, 0.2) is 10.8 Å². The molecule has 0 atom stereocenters. The van der Waals surface area contributed by atoms with E-state index in [9.17, 15) is 0 Å². The summed E-state index contributed by atoms with van der Waals surface area (Å²) in [6.07, 6.45) is 3.98. The van der Waals surface area contributed by atoms with Gasteiger partial charge in [-0.1, -0.05) is 22.9 Å². The molecule has 15 heavy (non-hydrogen) atoms. The van der Waals surface area contributed by atoms with Crippen molar-refractivity contribution in [2.75, 3.05) is 18.0 Å². The van der Waals surface area contributed by atoms with Crippen LogP contribution in [-0.2, 0) is 0 Å². The molecule has 2 fully saturated rings. The van der Waals surface area contributed by atoms with E-state index in [1.165, 1.54) is 30.6 Å². The van der Waals surface area contributed by atoms with Crippen LogP contribution < -0.4 is 4.90 Å². The Bertz CT molecular complexity index is 444. The molecule has 3 rings (SSSR count).